The molecule has 0 radical (unpaired) electrons. The maximum Gasteiger partial charge on any atom is 0.250 e. The van der Waals surface area contributed by atoms with Gasteiger partial charge in [-0.15, -0.1) is 24.8 Å². The Bertz CT molecular complexity index is 1440. The molecule has 2 bridgehead atoms. The summed E-state index contributed by atoms with van der Waals surface area (Å²) in [5, 5.41) is 11.2. The van der Waals surface area contributed by atoms with E-state index in [0.29, 0.717) is 36.4 Å². The summed E-state index contributed by atoms with van der Waals surface area (Å²) in [6.45, 7) is 7.58. The predicted octanol–water partition coefficient (Wildman–Crippen LogP) is 3.94. The zero-order valence-corrected chi connectivity index (χ0v) is 24.6. The lowest BCUT2D eigenvalue weighted by Crippen LogP contribution is -2.46. The highest BCUT2D eigenvalue weighted by Gasteiger charge is 2.34. The Hall–Kier alpha value is -2.33. The maximum absolute atomic E-state index is 12.6. The van der Waals surface area contributed by atoms with Gasteiger partial charge in [-0.1, -0.05) is 29.8 Å². The Labute approximate surface area is 251 Å². The van der Waals surface area contributed by atoms with E-state index in [-0.39, 0.29) is 36.1 Å². The minimum atomic E-state index is -0.394. The van der Waals surface area contributed by atoms with Crippen molar-refractivity contribution >= 4 is 36.4 Å². The van der Waals surface area contributed by atoms with Crippen molar-refractivity contribution < 1.29 is 9.52 Å². The van der Waals surface area contributed by atoms with E-state index in [4.69, 9.17) is 16.0 Å². The molecule has 2 fully saturated rings. The summed E-state index contributed by atoms with van der Waals surface area (Å²) in [4.78, 5) is 31.8. The second kappa shape index (κ2) is 13.1. The van der Waals surface area contributed by atoms with Crippen LogP contribution in [-0.4, -0.2) is 63.6 Å². The number of piperidine rings is 1. The van der Waals surface area contributed by atoms with E-state index in [0.717, 1.165) is 69.5 Å². The molecule has 8 nitrogen and oxygen atoms in total. The molecule has 216 valence electrons. The van der Waals surface area contributed by atoms with Crippen molar-refractivity contribution in [1.82, 2.24) is 19.3 Å². The first-order valence-corrected chi connectivity index (χ1v) is 13.7. The Morgan fingerprint density at radius 1 is 0.850 bits per heavy atom. The van der Waals surface area contributed by atoms with Crippen LogP contribution < -0.4 is 11.0 Å². The number of fused-ring (bicyclic) bond motifs is 4. The highest BCUT2D eigenvalue weighted by Crippen LogP contribution is 2.35. The molecular weight excluding hydrogens is 575 g/mol. The van der Waals surface area contributed by atoms with E-state index < -0.39 is 5.43 Å². The van der Waals surface area contributed by atoms with Gasteiger partial charge >= 0.3 is 0 Å². The number of nitrogens with zero attached hydrogens (tertiary/aromatic N) is 4. The number of hydrogen-bond donors (Lipinski definition) is 1. The van der Waals surface area contributed by atoms with E-state index >= 15 is 0 Å². The van der Waals surface area contributed by atoms with Gasteiger partial charge in [-0.05, 0) is 36.1 Å². The molecule has 1 aromatic carbocycles. The molecule has 0 spiro atoms. The molecule has 3 aliphatic rings. The molecule has 1 N–H and O–H groups in total. The quantitative estimate of drug-likeness (QED) is 0.453. The number of rotatable bonds is 6. The monoisotopic (exact) mass is 608 g/mol. The average Bonchev–Trinajstić information content (AvgIpc) is 2.89. The highest BCUT2D eigenvalue weighted by atomic mass is 35.5. The summed E-state index contributed by atoms with van der Waals surface area (Å²) in [5.41, 5.74) is 1.97. The zero-order chi connectivity index (χ0) is 26.2. The molecule has 3 aromatic rings. The van der Waals surface area contributed by atoms with Gasteiger partial charge in [0.15, 0.2) is 5.76 Å². The summed E-state index contributed by atoms with van der Waals surface area (Å²) >= 11 is 6.13. The normalized spacial score (nSPS) is 21.2. The van der Waals surface area contributed by atoms with Crippen LogP contribution in [0.2, 0.25) is 5.02 Å². The van der Waals surface area contributed by atoms with Crippen LogP contribution in [0.1, 0.15) is 35.1 Å². The van der Waals surface area contributed by atoms with Crippen molar-refractivity contribution in [2.45, 2.75) is 38.5 Å². The topological polar surface area (TPSA) is 82.2 Å². The van der Waals surface area contributed by atoms with Gasteiger partial charge in [0, 0.05) is 81.1 Å². The van der Waals surface area contributed by atoms with Gasteiger partial charge in [0.25, 0.3) is 5.56 Å². The molecule has 2 saturated heterocycles. The van der Waals surface area contributed by atoms with Crippen molar-refractivity contribution in [3.63, 3.8) is 0 Å². The van der Waals surface area contributed by atoms with Crippen LogP contribution in [0.25, 0.3) is 0 Å². The molecule has 0 saturated carbocycles. The van der Waals surface area contributed by atoms with Gasteiger partial charge in [0.05, 0.1) is 13.1 Å². The van der Waals surface area contributed by atoms with E-state index in [1.165, 1.54) is 11.6 Å². The Morgan fingerprint density at radius 2 is 1.57 bits per heavy atom. The number of hydrogen-bond acceptors (Lipinski definition) is 7. The number of aromatic hydroxyl groups is 1. The third kappa shape index (κ3) is 6.75. The number of piperazine rings is 1. The number of pyridine rings is 1. The van der Waals surface area contributed by atoms with Crippen LogP contribution in [0.5, 0.6) is 5.75 Å². The molecule has 0 aliphatic carbocycles. The lowest BCUT2D eigenvalue weighted by molar-refractivity contribution is 0.100. The largest absolute Gasteiger partial charge is 0.502 e. The van der Waals surface area contributed by atoms with Gasteiger partial charge < -0.3 is 14.1 Å². The Balaban J connectivity index is 0.00000185. The van der Waals surface area contributed by atoms with Crippen LogP contribution in [0.15, 0.2) is 62.5 Å². The lowest BCUT2D eigenvalue weighted by Gasteiger charge is -2.42. The van der Waals surface area contributed by atoms with Crippen LogP contribution >= 0.6 is 36.4 Å². The molecular formula is C29H35Cl3N4O4. The van der Waals surface area contributed by atoms with Crippen LogP contribution in [0.3, 0.4) is 0 Å². The zero-order valence-electron chi connectivity index (χ0n) is 22.2. The highest BCUT2D eigenvalue weighted by molar-refractivity contribution is 6.30. The third-order valence-corrected chi connectivity index (χ3v) is 8.34. The fourth-order valence-corrected chi connectivity index (χ4v) is 6.53. The number of benzene rings is 1. The second-order valence-corrected chi connectivity index (χ2v) is 11.4. The third-order valence-electron chi connectivity index (χ3n) is 8.11. The summed E-state index contributed by atoms with van der Waals surface area (Å²) in [6.07, 6.45) is 1.08. The van der Waals surface area contributed by atoms with Crippen molar-refractivity contribution in [3.05, 3.63) is 96.9 Å². The number of aromatic nitrogens is 1. The molecule has 6 rings (SSSR count). The standard InChI is InChI=1S/C29H33ClN4O4.2ClH/c30-23-4-1-3-20(12-23)14-31-7-9-32(10-8-31)19-27-29(37)26(35)13-24(38-27)18-33-15-21-11-22(17-33)25-5-2-6-28(36)34(25)16-21;;/h1-6,12-13,21-22,37H,7-11,14-19H2;2*1H/t21-,22+;;/m1../s1. The van der Waals surface area contributed by atoms with E-state index in [2.05, 4.69) is 26.8 Å². The van der Waals surface area contributed by atoms with Crippen LogP contribution in [0, 0.1) is 5.92 Å². The lowest BCUT2D eigenvalue weighted by atomic mass is 9.83. The molecule has 40 heavy (non-hydrogen) atoms. The van der Waals surface area contributed by atoms with Gasteiger partial charge in [0.2, 0.25) is 11.2 Å². The maximum atomic E-state index is 12.6. The number of halogens is 3. The molecule has 0 unspecified atom stereocenters. The first-order valence-electron chi connectivity index (χ1n) is 13.4. The second-order valence-electron chi connectivity index (χ2n) is 10.9. The molecule has 5 heterocycles. The minimum Gasteiger partial charge on any atom is -0.502 e. The molecule has 3 aliphatic heterocycles. The SMILES string of the molecule is Cl.Cl.O=c1cc(CN2C[C@H]3C[C@@H](C2)c2cccc(=O)n2C3)oc(CN2CCN(Cc3cccc(Cl)c3)CC2)c1O. The van der Waals surface area contributed by atoms with Crippen molar-refractivity contribution in [1.29, 1.82) is 0 Å². The fourth-order valence-electron chi connectivity index (χ4n) is 6.32. The summed E-state index contributed by atoms with van der Waals surface area (Å²) in [7, 11) is 0. The first kappa shape index (κ1) is 30.6. The summed E-state index contributed by atoms with van der Waals surface area (Å²) < 4.78 is 8.04. The minimum absolute atomic E-state index is 0. The van der Waals surface area contributed by atoms with Gasteiger partial charge in [-0.25, -0.2) is 0 Å². The van der Waals surface area contributed by atoms with Gasteiger partial charge in [-0.3, -0.25) is 24.3 Å². The van der Waals surface area contributed by atoms with Gasteiger partial charge in [-0.2, -0.15) is 0 Å². The van der Waals surface area contributed by atoms with E-state index in [1.807, 2.05) is 28.8 Å². The number of likely N-dealkylation sites (tertiary alicyclic amines) is 1. The van der Waals surface area contributed by atoms with Crippen molar-refractivity contribution in [2.24, 2.45) is 5.92 Å². The van der Waals surface area contributed by atoms with Crippen molar-refractivity contribution in [2.75, 3.05) is 39.3 Å². The molecule has 2 aromatic heterocycles. The van der Waals surface area contributed by atoms with Crippen LogP contribution in [-0.2, 0) is 26.2 Å². The van der Waals surface area contributed by atoms with Gasteiger partial charge in [0.1, 0.15) is 5.76 Å². The van der Waals surface area contributed by atoms with E-state index in [1.54, 1.807) is 6.07 Å². The van der Waals surface area contributed by atoms with Crippen molar-refractivity contribution in [3.8, 4) is 5.75 Å². The first-order chi connectivity index (χ1) is 18.4. The van der Waals surface area contributed by atoms with E-state index in [9.17, 15) is 14.7 Å². The smallest absolute Gasteiger partial charge is 0.250 e. The fraction of sp³-hybridized carbons (Fsp3) is 0.448. The predicted molar refractivity (Wildman–Crippen MR) is 160 cm³/mol. The molecule has 2 atom stereocenters. The Morgan fingerprint density at radius 3 is 2.33 bits per heavy atom. The Kier molecular flexibility index (Phi) is 10.0. The van der Waals surface area contributed by atoms with Crippen LogP contribution in [0.4, 0.5) is 0 Å². The average molecular weight is 610 g/mol. The molecule has 11 heteroatoms. The summed E-state index contributed by atoms with van der Waals surface area (Å²) in [5.74, 6) is 1.31. The summed E-state index contributed by atoms with van der Waals surface area (Å²) in [6, 6.07) is 14.9. The molecule has 0 amide bonds.